The molecule has 2 aromatic carbocycles. The molecule has 2 aromatic rings. The van der Waals surface area contributed by atoms with Crippen LogP contribution in [-0.4, -0.2) is 18.0 Å². The molecule has 2 nitrogen and oxygen atoms in total. The van der Waals surface area contributed by atoms with E-state index in [9.17, 15) is 0 Å². The Balaban J connectivity index is 0.00000109. The Morgan fingerprint density at radius 1 is 0.960 bits per heavy atom. The number of hydrogen-bond donors (Lipinski definition) is 0. The molecule has 1 heterocycles. The third-order valence-corrected chi connectivity index (χ3v) is 5.01. The minimum atomic E-state index is 0.219. The van der Waals surface area contributed by atoms with Gasteiger partial charge >= 0.3 is 0 Å². The first-order valence-electron chi connectivity index (χ1n) is 9.42. The molecule has 0 N–H and O–H groups in total. The maximum atomic E-state index is 8.96. The lowest BCUT2D eigenvalue weighted by molar-refractivity contribution is 0.116. The van der Waals surface area contributed by atoms with Crippen LogP contribution in [0.15, 0.2) is 54.6 Å². The van der Waals surface area contributed by atoms with Crippen molar-refractivity contribution in [3.63, 3.8) is 0 Å². The second-order valence-electron chi connectivity index (χ2n) is 6.99. The first kappa shape index (κ1) is 19.2. The first-order valence-corrected chi connectivity index (χ1v) is 9.42. The number of hydrogen-bond acceptors (Lipinski definition) is 2. The summed E-state index contributed by atoms with van der Waals surface area (Å²) in [6.45, 7) is 9.44. The molecule has 0 unspecified atom stereocenters. The van der Waals surface area contributed by atoms with Crippen LogP contribution in [0, 0.1) is 16.7 Å². The quantitative estimate of drug-likeness (QED) is 0.696. The summed E-state index contributed by atoms with van der Waals surface area (Å²) in [4.78, 5) is 2.52. The van der Waals surface area contributed by atoms with Gasteiger partial charge in [-0.05, 0) is 54.1 Å². The molecule has 3 rings (SSSR count). The molecule has 25 heavy (non-hydrogen) atoms. The normalized spacial score (nSPS) is 16.4. The minimum absolute atomic E-state index is 0.219. The largest absolute Gasteiger partial charge is 0.299 e. The molecule has 1 aliphatic heterocycles. The fraction of sp³-hybridized carbons (Fsp3) is 0.435. The number of piperidine rings is 1. The van der Waals surface area contributed by atoms with Crippen LogP contribution >= 0.6 is 0 Å². The summed E-state index contributed by atoms with van der Waals surface area (Å²) < 4.78 is 0. The topological polar surface area (TPSA) is 27.0 Å². The van der Waals surface area contributed by atoms with E-state index in [-0.39, 0.29) is 5.41 Å². The number of benzene rings is 2. The predicted octanol–water partition coefficient (Wildman–Crippen LogP) is 5.90. The lowest BCUT2D eigenvalue weighted by atomic mass is 9.78. The first-order chi connectivity index (χ1) is 12.2. The van der Waals surface area contributed by atoms with Crippen LogP contribution in [0.2, 0.25) is 0 Å². The molecule has 0 atom stereocenters. The van der Waals surface area contributed by atoms with Gasteiger partial charge in [-0.15, -0.1) is 0 Å². The van der Waals surface area contributed by atoms with Gasteiger partial charge in [-0.3, -0.25) is 4.90 Å². The molecular formula is C23H30N2. The molecule has 0 bridgehead atoms. The molecule has 1 aliphatic rings. The van der Waals surface area contributed by atoms with Crippen molar-refractivity contribution < 1.29 is 0 Å². The second kappa shape index (κ2) is 9.39. The lowest BCUT2D eigenvalue weighted by Crippen LogP contribution is -2.38. The Hall–Kier alpha value is -2.11. The van der Waals surface area contributed by atoms with Crippen LogP contribution < -0.4 is 0 Å². The highest BCUT2D eigenvalue weighted by atomic mass is 15.1. The van der Waals surface area contributed by atoms with Gasteiger partial charge in [0.15, 0.2) is 0 Å². The van der Waals surface area contributed by atoms with E-state index in [1.807, 2.05) is 13.8 Å². The van der Waals surface area contributed by atoms with Crippen LogP contribution in [0.1, 0.15) is 45.6 Å². The molecule has 0 aliphatic carbocycles. The summed E-state index contributed by atoms with van der Waals surface area (Å²) in [5, 5.41) is 8.96. The van der Waals surface area contributed by atoms with Crippen molar-refractivity contribution in [2.24, 2.45) is 5.41 Å². The van der Waals surface area contributed by atoms with Crippen LogP contribution in [0.25, 0.3) is 11.1 Å². The highest BCUT2D eigenvalue weighted by Crippen LogP contribution is 2.34. The van der Waals surface area contributed by atoms with Gasteiger partial charge in [-0.1, -0.05) is 69.3 Å². The highest BCUT2D eigenvalue weighted by Gasteiger charge is 2.29. The van der Waals surface area contributed by atoms with Crippen molar-refractivity contribution in [2.45, 2.75) is 46.6 Å². The lowest BCUT2D eigenvalue weighted by Gasteiger charge is -2.38. The Morgan fingerprint density at radius 3 is 2.24 bits per heavy atom. The van der Waals surface area contributed by atoms with E-state index >= 15 is 0 Å². The summed E-state index contributed by atoms with van der Waals surface area (Å²) in [6.07, 6.45) is 2.93. The number of likely N-dealkylation sites (tertiary alicyclic amines) is 1. The average molecular weight is 335 g/mol. The monoisotopic (exact) mass is 334 g/mol. The van der Waals surface area contributed by atoms with Crippen molar-refractivity contribution in [1.82, 2.24) is 4.90 Å². The van der Waals surface area contributed by atoms with Gasteiger partial charge in [0.2, 0.25) is 0 Å². The van der Waals surface area contributed by atoms with Gasteiger partial charge < -0.3 is 0 Å². The molecule has 0 spiro atoms. The third-order valence-electron chi connectivity index (χ3n) is 5.01. The van der Waals surface area contributed by atoms with Crippen LogP contribution in [-0.2, 0) is 6.54 Å². The summed E-state index contributed by atoms with van der Waals surface area (Å²) in [5.41, 5.74) is 4.15. The van der Waals surface area contributed by atoms with Gasteiger partial charge in [0.25, 0.3) is 0 Å². The summed E-state index contributed by atoms with van der Waals surface area (Å²) in [5.74, 6) is 0. The number of rotatable bonds is 4. The van der Waals surface area contributed by atoms with Gasteiger partial charge in [0, 0.05) is 13.0 Å². The van der Waals surface area contributed by atoms with E-state index in [2.05, 4.69) is 72.5 Å². The second-order valence-corrected chi connectivity index (χ2v) is 6.99. The standard InChI is InChI=1S/C21H24N2.C2H6/c1-21(10-13-22)11-14-23(15-12-21)17-18-6-5-9-20(16-18)19-7-3-2-4-8-19;1-2/h2-9,16H,10-12,14-15,17H2,1H3;1-2H3. The van der Waals surface area contributed by atoms with Gasteiger partial charge in [-0.25, -0.2) is 0 Å². The smallest absolute Gasteiger partial charge is 0.0627 e. The van der Waals surface area contributed by atoms with Crippen molar-refractivity contribution in [2.75, 3.05) is 13.1 Å². The maximum absolute atomic E-state index is 8.96. The van der Waals surface area contributed by atoms with Crippen LogP contribution in [0.4, 0.5) is 0 Å². The molecule has 132 valence electrons. The van der Waals surface area contributed by atoms with Crippen molar-refractivity contribution in [1.29, 1.82) is 5.26 Å². The molecule has 0 saturated carbocycles. The zero-order valence-corrected chi connectivity index (χ0v) is 15.8. The number of nitriles is 1. The summed E-state index contributed by atoms with van der Waals surface area (Å²) in [7, 11) is 0. The minimum Gasteiger partial charge on any atom is -0.299 e. The molecule has 0 amide bonds. The fourth-order valence-corrected chi connectivity index (χ4v) is 3.36. The maximum Gasteiger partial charge on any atom is 0.0627 e. The zero-order valence-electron chi connectivity index (χ0n) is 15.8. The van der Waals surface area contributed by atoms with Gasteiger partial charge in [-0.2, -0.15) is 5.26 Å². The Morgan fingerprint density at radius 2 is 1.60 bits per heavy atom. The van der Waals surface area contributed by atoms with Crippen LogP contribution in [0.3, 0.4) is 0 Å². The molecule has 0 radical (unpaired) electrons. The summed E-state index contributed by atoms with van der Waals surface area (Å²) in [6, 6.07) is 21.8. The molecular weight excluding hydrogens is 304 g/mol. The fourth-order valence-electron chi connectivity index (χ4n) is 3.36. The molecule has 0 aromatic heterocycles. The van der Waals surface area contributed by atoms with E-state index < -0.39 is 0 Å². The zero-order chi connectivity index (χ0) is 18.1. The Labute approximate surface area is 153 Å². The Bertz CT molecular complexity index is 677. The third kappa shape index (κ3) is 5.44. The van der Waals surface area contributed by atoms with Crippen molar-refractivity contribution in [3.8, 4) is 17.2 Å². The number of nitrogens with zero attached hydrogens (tertiary/aromatic N) is 2. The summed E-state index contributed by atoms with van der Waals surface area (Å²) >= 11 is 0. The SMILES string of the molecule is CC.CC1(CC#N)CCN(Cc2cccc(-c3ccccc3)c2)CC1. The van der Waals surface area contributed by atoms with Gasteiger partial charge in [0.05, 0.1) is 6.07 Å². The van der Waals surface area contributed by atoms with Crippen molar-refractivity contribution >= 4 is 0 Å². The Kier molecular flexibility index (Phi) is 7.22. The van der Waals surface area contributed by atoms with E-state index in [1.54, 1.807) is 0 Å². The van der Waals surface area contributed by atoms with E-state index in [0.717, 1.165) is 32.5 Å². The average Bonchev–Trinajstić information content (AvgIpc) is 2.67. The molecule has 1 saturated heterocycles. The molecule has 2 heteroatoms. The van der Waals surface area contributed by atoms with E-state index in [4.69, 9.17) is 5.26 Å². The van der Waals surface area contributed by atoms with E-state index in [0.29, 0.717) is 6.42 Å². The van der Waals surface area contributed by atoms with Gasteiger partial charge in [0.1, 0.15) is 0 Å². The van der Waals surface area contributed by atoms with Crippen molar-refractivity contribution in [3.05, 3.63) is 60.2 Å². The predicted molar refractivity (Wildman–Crippen MR) is 106 cm³/mol. The van der Waals surface area contributed by atoms with E-state index in [1.165, 1.54) is 16.7 Å². The highest BCUT2D eigenvalue weighted by molar-refractivity contribution is 5.63. The van der Waals surface area contributed by atoms with Crippen LogP contribution in [0.5, 0.6) is 0 Å². The molecule has 1 fully saturated rings.